The van der Waals surface area contributed by atoms with Gasteiger partial charge >= 0.3 is 0 Å². The molecular weight excluding hydrogens is 178 g/mol. The maximum Gasteiger partial charge on any atom is 0.117 e. The number of nitrogens with one attached hydrogen (secondary N) is 1. The van der Waals surface area contributed by atoms with Gasteiger partial charge < -0.3 is 14.5 Å². The highest BCUT2D eigenvalue weighted by Crippen LogP contribution is 2.12. The van der Waals surface area contributed by atoms with Crippen LogP contribution in [0.1, 0.15) is 18.6 Å². The van der Waals surface area contributed by atoms with Gasteiger partial charge in [0.05, 0.1) is 19.4 Å². The van der Waals surface area contributed by atoms with Crippen molar-refractivity contribution in [1.82, 2.24) is 5.32 Å². The summed E-state index contributed by atoms with van der Waals surface area (Å²) in [4.78, 5) is 0. The largest absolute Gasteiger partial charge is 0.468 e. The molecular formula is C11H17NO2. The molecule has 14 heavy (non-hydrogen) atoms. The van der Waals surface area contributed by atoms with Crippen LogP contribution in [-0.2, 0) is 11.3 Å². The molecule has 1 atom stereocenters. The van der Waals surface area contributed by atoms with Gasteiger partial charge in [0, 0.05) is 13.2 Å². The van der Waals surface area contributed by atoms with Crippen LogP contribution in [0.5, 0.6) is 0 Å². The van der Waals surface area contributed by atoms with E-state index in [0.29, 0.717) is 5.92 Å². The Labute approximate surface area is 84.4 Å². The highest BCUT2D eigenvalue weighted by Gasteiger charge is 2.12. The van der Waals surface area contributed by atoms with Gasteiger partial charge in [-0.2, -0.15) is 0 Å². The van der Waals surface area contributed by atoms with Crippen LogP contribution in [0.4, 0.5) is 0 Å². The zero-order valence-electron chi connectivity index (χ0n) is 8.37. The summed E-state index contributed by atoms with van der Waals surface area (Å²) in [7, 11) is 0. The van der Waals surface area contributed by atoms with E-state index in [1.807, 2.05) is 12.1 Å². The smallest absolute Gasteiger partial charge is 0.117 e. The summed E-state index contributed by atoms with van der Waals surface area (Å²) in [5.41, 5.74) is 0. The van der Waals surface area contributed by atoms with Crippen molar-refractivity contribution < 1.29 is 9.15 Å². The quantitative estimate of drug-likeness (QED) is 0.795. The molecule has 2 heterocycles. The first-order valence-corrected chi connectivity index (χ1v) is 5.26. The number of rotatable bonds is 4. The molecule has 2 rings (SSSR count). The Morgan fingerprint density at radius 1 is 1.50 bits per heavy atom. The molecule has 0 radical (unpaired) electrons. The molecule has 1 unspecified atom stereocenters. The SMILES string of the molecule is c1coc(CNCC2CCCOC2)c1. The van der Waals surface area contributed by atoms with Gasteiger partial charge in [-0.25, -0.2) is 0 Å². The molecule has 1 saturated heterocycles. The molecule has 3 heteroatoms. The molecule has 78 valence electrons. The summed E-state index contributed by atoms with van der Waals surface area (Å²) in [5.74, 6) is 1.68. The maximum atomic E-state index is 5.41. The van der Waals surface area contributed by atoms with E-state index in [9.17, 15) is 0 Å². The Bertz CT molecular complexity index is 240. The molecule has 3 nitrogen and oxygen atoms in total. The van der Waals surface area contributed by atoms with E-state index in [2.05, 4.69) is 5.32 Å². The Morgan fingerprint density at radius 3 is 3.21 bits per heavy atom. The van der Waals surface area contributed by atoms with Gasteiger partial charge in [0.2, 0.25) is 0 Å². The zero-order valence-corrected chi connectivity index (χ0v) is 8.37. The normalized spacial score (nSPS) is 22.4. The minimum absolute atomic E-state index is 0.679. The zero-order chi connectivity index (χ0) is 9.64. The van der Waals surface area contributed by atoms with Gasteiger partial charge in [-0.1, -0.05) is 0 Å². The second kappa shape index (κ2) is 5.17. The van der Waals surface area contributed by atoms with Crippen molar-refractivity contribution >= 4 is 0 Å². The summed E-state index contributed by atoms with van der Waals surface area (Å²) in [6, 6.07) is 3.91. The summed E-state index contributed by atoms with van der Waals surface area (Å²) >= 11 is 0. The molecule has 0 aliphatic carbocycles. The highest BCUT2D eigenvalue weighted by atomic mass is 16.5. The van der Waals surface area contributed by atoms with Gasteiger partial charge in [-0.3, -0.25) is 0 Å². The van der Waals surface area contributed by atoms with Crippen molar-refractivity contribution in [2.45, 2.75) is 19.4 Å². The van der Waals surface area contributed by atoms with Crippen LogP contribution in [0.25, 0.3) is 0 Å². The highest BCUT2D eigenvalue weighted by molar-refractivity contribution is 4.97. The van der Waals surface area contributed by atoms with Gasteiger partial charge in [0.25, 0.3) is 0 Å². The minimum atomic E-state index is 0.679. The van der Waals surface area contributed by atoms with E-state index in [1.165, 1.54) is 12.8 Å². The summed E-state index contributed by atoms with van der Waals surface area (Å²) < 4.78 is 10.6. The average molecular weight is 195 g/mol. The van der Waals surface area contributed by atoms with Gasteiger partial charge in [-0.15, -0.1) is 0 Å². The van der Waals surface area contributed by atoms with Crippen molar-refractivity contribution in [3.05, 3.63) is 24.2 Å². The van der Waals surface area contributed by atoms with Crippen molar-refractivity contribution in [2.75, 3.05) is 19.8 Å². The molecule has 0 aromatic carbocycles. The molecule has 0 bridgehead atoms. The van der Waals surface area contributed by atoms with E-state index in [-0.39, 0.29) is 0 Å². The summed E-state index contributed by atoms with van der Waals surface area (Å²) in [6.45, 7) is 3.70. The second-order valence-electron chi connectivity index (χ2n) is 3.79. The fraction of sp³-hybridized carbons (Fsp3) is 0.636. The second-order valence-corrected chi connectivity index (χ2v) is 3.79. The third-order valence-corrected chi connectivity index (χ3v) is 2.57. The Kier molecular flexibility index (Phi) is 3.60. The number of hydrogen-bond acceptors (Lipinski definition) is 3. The first-order chi connectivity index (χ1) is 6.95. The van der Waals surface area contributed by atoms with E-state index in [0.717, 1.165) is 32.1 Å². The van der Waals surface area contributed by atoms with Crippen molar-refractivity contribution in [1.29, 1.82) is 0 Å². The fourth-order valence-electron chi connectivity index (χ4n) is 1.78. The lowest BCUT2D eigenvalue weighted by molar-refractivity contribution is 0.0546. The summed E-state index contributed by atoms with van der Waals surface area (Å²) in [5, 5.41) is 3.38. The first kappa shape index (κ1) is 9.74. The lowest BCUT2D eigenvalue weighted by Gasteiger charge is -2.21. The number of furan rings is 1. The molecule has 1 aromatic heterocycles. The molecule has 1 fully saturated rings. The van der Waals surface area contributed by atoms with E-state index >= 15 is 0 Å². The minimum Gasteiger partial charge on any atom is -0.468 e. The Morgan fingerprint density at radius 2 is 2.50 bits per heavy atom. The number of ether oxygens (including phenoxy) is 1. The molecule has 1 aliphatic rings. The van der Waals surface area contributed by atoms with Gasteiger partial charge in [0.1, 0.15) is 5.76 Å². The topological polar surface area (TPSA) is 34.4 Å². The van der Waals surface area contributed by atoms with Crippen LogP contribution in [0.2, 0.25) is 0 Å². The predicted molar refractivity (Wildman–Crippen MR) is 54.0 cm³/mol. The van der Waals surface area contributed by atoms with E-state index in [1.54, 1.807) is 6.26 Å². The van der Waals surface area contributed by atoms with Crippen LogP contribution in [0, 0.1) is 5.92 Å². The fourth-order valence-corrected chi connectivity index (χ4v) is 1.78. The number of hydrogen-bond donors (Lipinski definition) is 1. The monoisotopic (exact) mass is 195 g/mol. The standard InChI is InChI=1S/C11H17NO2/c1-3-10(9-13-5-1)7-12-8-11-4-2-6-14-11/h2,4,6,10,12H,1,3,5,7-9H2. The van der Waals surface area contributed by atoms with Crippen LogP contribution in [-0.4, -0.2) is 19.8 Å². The molecule has 1 aliphatic heterocycles. The maximum absolute atomic E-state index is 5.41. The first-order valence-electron chi connectivity index (χ1n) is 5.26. The van der Waals surface area contributed by atoms with E-state index < -0.39 is 0 Å². The lowest BCUT2D eigenvalue weighted by atomic mass is 10.0. The molecule has 0 spiro atoms. The predicted octanol–water partition coefficient (Wildman–Crippen LogP) is 1.80. The van der Waals surface area contributed by atoms with Gasteiger partial charge in [0.15, 0.2) is 0 Å². The van der Waals surface area contributed by atoms with Crippen LogP contribution < -0.4 is 5.32 Å². The summed E-state index contributed by atoms with van der Waals surface area (Å²) in [6.07, 6.45) is 4.19. The molecule has 0 saturated carbocycles. The third kappa shape index (κ3) is 2.86. The Hall–Kier alpha value is -0.800. The Balaban J connectivity index is 1.62. The van der Waals surface area contributed by atoms with Crippen LogP contribution in [0.15, 0.2) is 22.8 Å². The van der Waals surface area contributed by atoms with E-state index in [4.69, 9.17) is 9.15 Å². The van der Waals surface area contributed by atoms with Gasteiger partial charge in [-0.05, 0) is 30.9 Å². The van der Waals surface area contributed by atoms with Crippen LogP contribution in [0.3, 0.4) is 0 Å². The van der Waals surface area contributed by atoms with Crippen molar-refractivity contribution in [2.24, 2.45) is 5.92 Å². The molecule has 0 amide bonds. The molecule has 1 aromatic rings. The van der Waals surface area contributed by atoms with Crippen LogP contribution >= 0.6 is 0 Å². The average Bonchev–Trinajstić information content (AvgIpc) is 2.72. The van der Waals surface area contributed by atoms with Crippen molar-refractivity contribution in [3.8, 4) is 0 Å². The third-order valence-electron chi connectivity index (χ3n) is 2.57. The molecule has 1 N–H and O–H groups in total. The van der Waals surface area contributed by atoms with Crippen molar-refractivity contribution in [3.63, 3.8) is 0 Å². The lowest BCUT2D eigenvalue weighted by Crippen LogP contribution is -2.28.